The van der Waals surface area contributed by atoms with Crippen molar-refractivity contribution in [1.29, 1.82) is 0 Å². The van der Waals surface area contributed by atoms with Crippen molar-refractivity contribution in [2.24, 2.45) is 24.3 Å². The van der Waals surface area contributed by atoms with E-state index < -0.39 is 0 Å². The van der Waals surface area contributed by atoms with Gasteiger partial charge in [-0.05, 0) is 57.0 Å². The summed E-state index contributed by atoms with van der Waals surface area (Å²) >= 11 is 0. The number of ether oxygens (including phenoxy) is 1. The summed E-state index contributed by atoms with van der Waals surface area (Å²) in [6.07, 6.45) is 9.66. The number of nitrogens with zero attached hydrogens (tertiary/aromatic N) is 4. The maximum absolute atomic E-state index is 13.0. The summed E-state index contributed by atoms with van der Waals surface area (Å²) < 4.78 is 7.37. The molecule has 3 heterocycles. The van der Waals surface area contributed by atoms with Crippen molar-refractivity contribution in [3.63, 3.8) is 0 Å². The van der Waals surface area contributed by atoms with Gasteiger partial charge in [0.25, 0.3) is 0 Å². The molecular formula is C20H32N4O2. The van der Waals surface area contributed by atoms with Crippen molar-refractivity contribution in [1.82, 2.24) is 19.6 Å². The highest BCUT2D eigenvalue weighted by Crippen LogP contribution is 2.59. The maximum atomic E-state index is 13.0. The van der Waals surface area contributed by atoms with Gasteiger partial charge in [-0.1, -0.05) is 0 Å². The van der Waals surface area contributed by atoms with Crippen molar-refractivity contribution < 1.29 is 9.53 Å². The molecule has 1 aromatic heterocycles. The molecule has 3 atom stereocenters. The Hall–Kier alpha value is -1.40. The van der Waals surface area contributed by atoms with E-state index in [1.54, 1.807) is 0 Å². The van der Waals surface area contributed by atoms with Crippen LogP contribution in [0.5, 0.6) is 0 Å². The number of carbonyl (C=O) groups is 1. The lowest BCUT2D eigenvalue weighted by atomic mass is 9.85. The van der Waals surface area contributed by atoms with Gasteiger partial charge >= 0.3 is 0 Å². The summed E-state index contributed by atoms with van der Waals surface area (Å²) in [6.45, 7) is 3.60. The number of likely N-dealkylation sites (tertiary alicyclic amines) is 1. The summed E-state index contributed by atoms with van der Waals surface area (Å²) in [5.41, 5.74) is 1.53. The lowest BCUT2D eigenvalue weighted by Crippen LogP contribution is -2.43. The quantitative estimate of drug-likeness (QED) is 0.825. The summed E-state index contributed by atoms with van der Waals surface area (Å²) in [7, 11) is 6.17. The molecule has 0 N–H and O–H groups in total. The lowest BCUT2D eigenvalue weighted by Gasteiger charge is -2.40. The minimum absolute atomic E-state index is 0.231. The second-order valence-electron chi connectivity index (χ2n) is 8.73. The molecule has 4 rings (SSSR count). The first-order chi connectivity index (χ1) is 12.5. The second kappa shape index (κ2) is 6.97. The molecule has 144 valence electrons. The summed E-state index contributed by atoms with van der Waals surface area (Å²) in [6, 6.07) is 0.351. The van der Waals surface area contributed by atoms with E-state index >= 15 is 0 Å². The van der Waals surface area contributed by atoms with Crippen LogP contribution in [-0.2, 0) is 16.6 Å². The fraction of sp³-hybridized carbons (Fsp3) is 0.800. The number of hydrogen-bond donors (Lipinski definition) is 0. The predicted molar refractivity (Wildman–Crippen MR) is 99.5 cm³/mol. The van der Waals surface area contributed by atoms with E-state index in [0.29, 0.717) is 17.9 Å². The zero-order chi connectivity index (χ0) is 18.3. The number of hydrogen-bond acceptors (Lipinski definition) is 4. The van der Waals surface area contributed by atoms with Crippen LogP contribution >= 0.6 is 0 Å². The molecule has 1 aromatic rings. The topological polar surface area (TPSA) is 50.6 Å². The monoisotopic (exact) mass is 360 g/mol. The standard InChI is InChI=1S/C20H32N4O2/c1-22-8-4-5-15(18(22)16-12-21-24(3)14-16)13-23(2)19(25)17-11-20(17)6-9-26-10-7-20/h12,14-15,17-18H,4-11,13H2,1-3H3/t15-,17-,18+/m0/s1. The molecule has 1 aliphatic carbocycles. The molecule has 1 spiro atoms. The van der Waals surface area contributed by atoms with Crippen LogP contribution in [0.1, 0.15) is 43.7 Å². The number of aryl methyl sites for hydroxylation is 1. The molecule has 3 aliphatic rings. The SMILES string of the molecule is CN(C[C@@H]1CCCN(C)[C@H]1c1cnn(C)c1)C(=O)[C@@H]1CC12CCOCC2. The van der Waals surface area contributed by atoms with Gasteiger partial charge in [-0.3, -0.25) is 14.4 Å². The van der Waals surface area contributed by atoms with Crippen molar-refractivity contribution in [3.05, 3.63) is 18.0 Å². The van der Waals surface area contributed by atoms with E-state index in [9.17, 15) is 4.79 Å². The number of amides is 1. The largest absolute Gasteiger partial charge is 0.381 e. The Kier molecular flexibility index (Phi) is 4.82. The highest BCUT2D eigenvalue weighted by molar-refractivity contribution is 5.82. The molecule has 26 heavy (non-hydrogen) atoms. The van der Waals surface area contributed by atoms with Crippen molar-refractivity contribution in [2.45, 2.75) is 38.1 Å². The third-order valence-electron chi connectivity index (χ3n) is 6.93. The third-order valence-corrected chi connectivity index (χ3v) is 6.93. The summed E-state index contributed by atoms with van der Waals surface area (Å²) in [4.78, 5) is 17.5. The van der Waals surface area contributed by atoms with Crippen molar-refractivity contribution in [3.8, 4) is 0 Å². The fourth-order valence-corrected chi connectivity index (χ4v) is 5.31. The zero-order valence-electron chi connectivity index (χ0n) is 16.4. The number of piperidine rings is 1. The summed E-state index contributed by atoms with van der Waals surface area (Å²) in [5, 5.41) is 4.37. The minimum Gasteiger partial charge on any atom is -0.381 e. The molecule has 6 nitrogen and oxygen atoms in total. The first kappa shape index (κ1) is 18.0. The Morgan fingerprint density at radius 2 is 2.15 bits per heavy atom. The molecular weight excluding hydrogens is 328 g/mol. The van der Waals surface area contributed by atoms with Gasteiger partial charge in [0, 0.05) is 57.6 Å². The van der Waals surface area contributed by atoms with Crippen LogP contribution in [0.3, 0.4) is 0 Å². The van der Waals surface area contributed by atoms with E-state index in [1.165, 1.54) is 18.4 Å². The van der Waals surface area contributed by atoms with Gasteiger partial charge in [0.1, 0.15) is 0 Å². The number of aromatic nitrogens is 2. The van der Waals surface area contributed by atoms with E-state index in [1.807, 2.05) is 29.9 Å². The van der Waals surface area contributed by atoms with Crippen LogP contribution in [0.15, 0.2) is 12.4 Å². The van der Waals surface area contributed by atoms with Crippen LogP contribution in [-0.4, -0.2) is 65.9 Å². The van der Waals surface area contributed by atoms with E-state index in [0.717, 1.165) is 45.6 Å². The fourth-order valence-electron chi connectivity index (χ4n) is 5.31. The molecule has 2 aliphatic heterocycles. The van der Waals surface area contributed by atoms with Gasteiger partial charge in [-0.2, -0.15) is 5.10 Å². The lowest BCUT2D eigenvalue weighted by molar-refractivity contribution is -0.133. The van der Waals surface area contributed by atoms with Gasteiger partial charge in [0.2, 0.25) is 5.91 Å². The Balaban J connectivity index is 1.42. The molecule has 0 bridgehead atoms. The van der Waals surface area contributed by atoms with Crippen LogP contribution in [0, 0.1) is 17.3 Å². The van der Waals surface area contributed by atoms with Gasteiger partial charge < -0.3 is 9.64 Å². The number of rotatable bonds is 4. The van der Waals surface area contributed by atoms with Gasteiger partial charge in [0.15, 0.2) is 0 Å². The molecule has 0 radical (unpaired) electrons. The average Bonchev–Trinajstić information content (AvgIpc) is 3.13. The third kappa shape index (κ3) is 3.29. The smallest absolute Gasteiger partial charge is 0.226 e. The molecule has 0 aromatic carbocycles. The Morgan fingerprint density at radius 1 is 1.38 bits per heavy atom. The van der Waals surface area contributed by atoms with E-state index in [4.69, 9.17) is 4.74 Å². The molecule has 6 heteroatoms. The average molecular weight is 361 g/mol. The molecule has 1 saturated carbocycles. The Bertz CT molecular complexity index is 652. The number of carbonyl (C=O) groups excluding carboxylic acids is 1. The van der Waals surface area contributed by atoms with Gasteiger partial charge in [-0.25, -0.2) is 0 Å². The van der Waals surface area contributed by atoms with Crippen LogP contribution < -0.4 is 0 Å². The molecule has 3 fully saturated rings. The minimum atomic E-state index is 0.231. The summed E-state index contributed by atoms with van der Waals surface area (Å²) in [5.74, 6) is 1.05. The molecule has 0 unspecified atom stereocenters. The second-order valence-corrected chi connectivity index (χ2v) is 8.73. The van der Waals surface area contributed by atoms with Crippen molar-refractivity contribution in [2.75, 3.05) is 40.4 Å². The maximum Gasteiger partial charge on any atom is 0.226 e. The molecule has 1 amide bonds. The molecule has 2 saturated heterocycles. The van der Waals surface area contributed by atoms with Gasteiger partial charge in [-0.15, -0.1) is 0 Å². The predicted octanol–water partition coefficient (Wildman–Crippen LogP) is 2.08. The highest BCUT2D eigenvalue weighted by Gasteiger charge is 2.58. The van der Waals surface area contributed by atoms with Crippen molar-refractivity contribution >= 4 is 5.91 Å². The van der Waals surface area contributed by atoms with Crippen LogP contribution in [0.2, 0.25) is 0 Å². The van der Waals surface area contributed by atoms with Gasteiger partial charge in [0.05, 0.1) is 6.20 Å². The zero-order valence-corrected chi connectivity index (χ0v) is 16.4. The van der Waals surface area contributed by atoms with E-state index in [-0.39, 0.29) is 11.3 Å². The van der Waals surface area contributed by atoms with Crippen LogP contribution in [0.4, 0.5) is 0 Å². The first-order valence-electron chi connectivity index (χ1n) is 10.0. The Labute approximate surface area is 156 Å². The first-order valence-corrected chi connectivity index (χ1v) is 10.0. The highest BCUT2D eigenvalue weighted by atomic mass is 16.5. The normalized spacial score (nSPS) is 31.1. The van der Waals surface area contributed by atoms with Crippen LogP contribution in [0.25, 0.3) is 0 Å². The Morgan fingerprint density at radius 3 is 2.85 bits per heavy atom. The van der Waals surface area contributed by atoms with E-state index in [2.05, 4.69) is 23.2 Å².